The molecule has 0 radical (unpaired) electrons. The molecule has 2 aliphatic rings. The molecule has 2 N–H and O–H groups in total. The van der Waals surface area contributed by atoms with E-state index in [9.17, 15) is 9.59 Å². The van der Waals surface area contributed by atoms with E-state index in [1.54, 1.807) is 13.8 Å². The van der Waals surface area contributed by atoms with Gasteiger partial charge in [-0.1, -0.05) is 20.4 Å². The summed E-state index contributed by atoms with van der Waals surface area (Å²) < 4.78 is 31.5. The molecular weight excluding hydrogens is 381 g/mol. The predicted octanol–water partition coefficient (Wildman–Crippen LogP) is 1.59. The third kappa shape index (κ3) is 4.41. The van der Waals surface area contributed by atoms with Gasteiger partial charge in [-0.2, -0.15) is 0 Å². The molecule has 0 aliphatic carbocycles. The zero-order chi connectivity index (χ0) is 20.2. The number of hydrogen-bond donors (Lipinski definition) is 1. The summed E-state index contributed by atoms with van der Waals surface area (Å²) in [7, 11) is 0. The fourth-order valence-electron chi connectivity index (χ4n) is 2.71. The number of carbonyl (C=O) groups is 2. The van der Waals surface area contributed by atoms with Gasteiger partial charge in [0.25, 0.3) is 0 Å². The summed E-state index contributed by atoms with van der Waals surface area (Å²) in [6.07, 6.45) is -1.33. The predicted molar refractivity (Wildman–Crippen MR) is 96.4 cm³/mol. The first kappa shape index (κ1) is 21.2. The minimum Gasteiger partial charge on any atom is -0.462 e. The first-order valence-corrected chi connectivity index (χ1v) is 9.04. The molecule has 0 unspecified atom stereocenters. The van der Waals surface area contributed by atoms with Gasteiger partial charge in [0.15, 0.2) is 24.1 Å². The normalized spacial score (nSPS) is 30.2. The number of esters is 2. The Labute approximate surface area is 161 Å². The molecule has 2 aliphatic heterocycles. The van der Waals surface area contributed by atoms with Crippen molar-refractivity contribution >= 4 is 29.4 Å². The Morgan fingerprint density at radius 1 is 1.44 bits per heavy atom. The zero-order valence-electron chi connectivity index (χ0n) is 15.2. The van der Waals surface area contributed by atoms with Crippen LogP contribution in [0.1, 0.15) is 26.7 Å². The molecule has 0 aromatic carbocycles. The van der Waals surface area contributed by atoms with E-state index >= 15 is 4.39 Å². The van der Waals surface area contributed by atoms with Gasteiger partial charge >= 0.3 is 11.9 Å². The molecule has 4 atom stereocenters. The highest BCUT2D eigenvalue weighted by Crippen LogP contribution is 2.40. The molecule has 0 amide bonds. The maximum absolute atomic E-state index is 15.3. The molecule has 0 aromatic heterocycles. The summed E-state index contributed by atoms with van der Waals surface area (Å²) in [6, 6.07) is 0. The van der Waals surface area contributed by atoms with Crippen molar-refractivity contribution < 1.29 is 28.2 Å². The van der Waals surface area contributed by atoms with Crippen LogP contribution in [-0.2, 0) is 23.8 Å². The lowest BCUT2D eigenvalue weighted by Crippen LogP contribution is -2.50. The molecule has 1 fully saturated rings. The zero-order valence-corrected chi connectivity index (χ0v) is 15.9. The molecule has 27 heavy (non-hydrogen) atoms. The molecule has 10 heteroatoms. The number of nitrogens with zero attached hydrogens (tertiary/aromatic N) is 2. The van der Waals surface area contributed by atoms with Crippen molar-refractivity contribution in [2.75, 3.05) is 12.5 Å². The van der Waals surface area contributed by atoms with Gasteiger partial charge in [0.2, 0.25) is 0 Å². The van der Waals surface area contributed by atoms with Crippen LogP contribution in [0.4, 0.5) is 4.39 Å². The SMILES string of the molecule is C=C1N=C(N)C=CN1[C@@H]1O[C@](CCl)(COC(=O)CC)[C@@H](OC(=O)CC)[C@H]1F. The van der Waals surface area contributed by atoms with E-state index < -0.39 is 36.0 Å². The number of alkyl halides is 2. The van der Waals surface area contributed by atoms with Crippen molar-refractivity contribution in [3.8, 4) is 0 Å². The van der Waals surface area contributed by atoms with E-state index in [1.165, 1.54) is 17.2 Å². The third-order valence-corrected chi connectivity index (χ3v) is 4.66. The molecule has 2 rings (SSSR count). The van der Waals surface area contributed by atoms with Gasteiger partial charge in [-0.05, 0) is 6.08 Å². The van der Waals surface area contributed by atoms with Crippen molar-refractivity contribution in [2.45, 2.75) is 50.8 Å². The summed E-state index contributed by atoms with van der Waals surface area (Å²) >= 11 is 6.06. The Morgan fingerprint density at radius 2 is 2.11 bits per heavy atom. The van der Waals surface area contributed by atoms with Gasteiger partial charge < -0.3 is 24.8 Å². The van der Waals surface area contributed by atoms with Crippen LogP contribution in [0.5, 0.6) is 0 Å². The minimum atomic E-state index is -1.80. The van der Waals surface area contributed by atoms with E-state index in [-0.39, 0.29) is 37.0 Å². The average molecular weight is 404 g/mol. The average Bonchev–Trinajstić information content (AvgIpc) is 2.92. The summed E-state index contributed by atoms with van der Waals surface area (Å²) in [5.74, 6) is -1.04. The highest BCUT2D eigenvalue weighted by Gasteiger charge is 2.60. The number of amidine groups is 1. The van der Waals surface area contributed by atoms with E-state index in [0.717, 1.165) is 0 Å². The van der Waals surface area contributed by atoms with Crippen LogP contribution in [0.2, 0.25) is 0 Å². The number of nitrogens with two attached hydrogens (primary N) is 1. The van der Waals surface area contributed by atoms with Crippen LogP contribution in [-0.4, -0.2) is 59.3 Å². The van der Waals surface area contributed by atoms with E-state index in [0.29, 0.717) is 0 Å². The molecule has 0 bridgehead atoms. The van der Waals surface area contributed by atoms with Crippen molar-refractivity contribution in [1.29, 1.82) is 0 Å². The number of hydrogen-bond acceptors (Lipinski definition) is 8. The molecule has 150 valence electrons. The molecule has 0 aromatic rings. The maximum Gasteiger partial charge on any atom is 0.305 e. The molecular formula is C17H23ClFN3O5. The van der Waals surface area contributed by atoms with Gasteiger partial charge in [0.05, 0.1) is 5.88 Å². The molecule has 0 saturated carbocycles. The number of ether oxygens (including phenoxy) is 3. The second kappa shape index (κ2) is 8.71. The van der Waals surface area contributed by atoms with Crippen LogP contribution in [0, 0.1) is 0 Å². The van der Waals surface area contributed by atoms with Crippen LogP contribution in [0.25, 0.3) is 0 Å². The molecule has 0 spiro atoms. The highest BCUT2D eigenvalue weighted by atomic mass is 35.5. The van der Waals surface area contributed by atoms with Gasteiger partial charge in [0.1, 0.15) is 18.3 Å². The third-order valence-electron chi connectivity index (χ3n) is 4.21. The van der Waals surface area contributed by atoms with Crippen molar-refractivity contribution in [3.63, 3.8) is 0 Å². The van der Waals surface area contributed by atoms with Crippen molar-refractivity contribution in [3.05, 3.63) is 24.7 Å². The van der Waals surface area contributed by atoms with Crippen LogP contribution in [0.15, 0.2) is 29.7 Å². The Hall–Kier alpha value is -2.13. The molecule has 2 heterocycles. The van der Waals surface area contributed by atoms with Crippen LogP contribution >= 0.6 is 11.6 Å². The van der Waals surface area contributed by atoms with Gasteiger partial charge in [-0.3, -0.25) is 9.59 Å². The van der Waals surface area contributed by atoms with E-state index in [4.69, 9.17) is 31.5 Å². The minimum absolute atomic E-state index is 0.0398. The summed E-state index contributed by atoms with van der Waals surface area (Å²) in [5, 5.41) is 0. The standard InChI is InChI=1S/C17H23ClFN3O5/c1-4-12(23)25-9-17(8-18)15(26-13(24)5-2)14(19)16(27-17)22-7-6-11(20)21-10(22)3/h6-7,14-16H,3-5,8-9H2,1-2H3,(H2,20,21)/t14-,15+,16-,17-/m1/s1. The first-order chi connectivity index (χ1) is 12.8. The van der Waals surface area contributed by atoms with Gasteiger partial charge in [-0.25, -0.2) is 9.38 Å². The quantitative estimate of drug-likeness (QED) is 0.508. The maximum atomic E-state index is 15.3. The first-order valence-electron chi connectivity index (χ1n) is 8.50. The number of rotatable bonds is 7. The summed E-state index contributed by atoms with van der Waals surface area (Å²) in [6.45, 7) is 6.55. The van der Waals surface area contributed by atoms with E-state index in [1.807, 2.05) is 0 Å². The largest absolute Gasteiger partial charge is 0.462 e. The van der Waals surface area contributed by atoms with Crippen LogP contribution in [0.3, 0.4) is 0 Å². The lowest BCUT2D eigenvalue weighted by Gasteiger charge is -2.32. The topological polar surface area (TPSA) is 103 Å². The Kier molecular flexibility index (Phi) is 6.83. The lowest BCUT2D eigenvalue weighted by atomic mass is 9.98. The second-order valence-electron chi connectivity index (χ2n) is 6.11. The van der Waals surface area contributed by atoms with Crippen LogP contribution < -0.4 is 5.73 Å². The van der Waals surface area contributed by atoms with Crippen molar-refractivity contribution in [1.82, 2.24) is 4.90 Å². The summed E-state index contributed by atoms with van der Waals surface area (Å²) in [5.41, 5.74) is 4.05. The van der Waals surface area contributed by atoms with E-state index in [2.05, 4.69) is 11.6 Å². The van der Waals surface area contributed by atoms with Gasteiger partial charge in [-0.15, -0.1) is 11.6 Å². The number of aliphatic imine (C=N–C) groups is 1. The Bertz CT molecular complexity index is 671. The molecule has 1 saturated heterocycles. The number of carbonyl (C=O) groups excluding carboxylic acids is 2. The number of halogens is 2. The molecule has 8 nitrogen and oxygen atoms in total. The smallest absolute Gasteiger partial charge is 0.305 e. The fraction of sp³-hybridized carbons (Fsp3) is 0.588. The lowest BCUT2D eigenvalue weighted by molar-refractivity contribution is -0.174. The van der Waals surface area contributed by atoms with Gasteiger partial charge in [0, 0.05) is 19.0 Å². The summed E-state index contributed by atoms with van der Waals surface area (Å²) in [4.78, 5) is 28.7. The monoisotopic (exact) mass is 403 g/mol. The highest BCUT2D eigenvalue weighted by molar-refractivity contribution is 6.18. The fourth-order valence-corrected chi connectivity index (χ4v) is 3.00. The van der Waals surface area contributed by atoms with Crippen molar-refractivity contribution in [2.24, 2.45) is 10.7 Å². The Morgan fingerprint density at radius 3 is 2.67 bits per heavy atom. The second-order valence-corrected chi connectivity index (χ2v) is 6.37. The Balaban J connectivity index is 2.31.